The highest BCUT2D eigenvalue weighted by molar-refractivity contribution is 6.48. The molecule has 1 aliphatic carbocycles. The summed E-state index contributed by atoms with van der Waals surface area (Å²) >= 11 is 0. The first-order valence-electron chi connectivity index (χ1n) is 6.50. The maximum absolute atomic E-state index is 11.6. The Morgan fingerprint density at radius 1 is 1.21 bits per heavy atom. The van der Waals surface area contributed by atoms with Gasteiger partial charge in [-0.1, -0.05) is 18.2 Å². The van der Waals surface area contributed by atoms with E-state index in [1.165, 1.54) is 11.1 Å². The first kappa shape index (κ1) is 12.5. The minimum absolute atomic E-state index is 0.342. The number of carbonyl (C=O) groups excluding carboxylic acids is 2. The number of fused-ring (bicyclic) bond motifs is 1. The van der Waals surface area contributed by atoms with Gasteiger partial charge in [0.1, 0.15) is 0 Å². The third-order valence-electron chi connectivity index (χ3n) is 4.10. The van der Waals surface area contributed by atoms with Gasteiger partial charge in [-0.3, -0.25) is 14.5 Å². The van der Waals surface area contributed by atoms with Gasteiger partial charge in [0.15, 0.2) is 0 Å². The molecule has 1 heterocycles. The fraction of sp³-hybridized carbons (Fsp3) is 0.429. The molecule has 1 fully saturated rings. The Bertz CT molecular complexity index is 556. The van der Waals surface area contributed by atoms with Crippen LogP contribution in [0.25, 0.3) is 0 Å². The van der Waals surface area contributed by atoms with Crippen LogP contribution < -0.4 is 11.5 Å². The molecule has 2 unspecified atom stereocenters. The molecule has 5 heteroatoms. The summed E-state index contributed by atoms with van der Waals surface area (Å²) in [5.41, 5.74) is 14.9. The van der Waals surface area contributed by atoms with Crippen LogP contribution >= 0.6 is 0 Å². The van der Waals surface area contributed by atoms with Crippen molar-refractivity contribution >= 4 is 11.6 Å². The van der Waals surface area contributed by atoms with Gasteiger partial charge in [-0.25, -0.2) is 0 Å². The Morgan fingerprint density at radius 3 is 2.68 bits per heavy atom. The summed E-state index contributed by atoms with van der Waals surface area (Å²) in [6, 6.07) is 5.15. The lowest BCUT2D eigenvalue weighted by molar-refractivity contribution is -0.150. The molecule has 1 aromatic rings. The van der Waals surface area contributed by atoms with E-state index in [0.29, 0.717) is 13.1 Å². The second-order valence-electron chi connectivity index (χ2n) is 5.23. The predicted molar refractivity (Wildman–Crippen MR) is 70.2 cm³/mol. The van der Waals surface area contributed by atoms with Gasteiger partial charge in [-0.05, 0) is 23.1 Å². The van der Waals surface area contributed by atoms with E-state index in [2.05, 4.69) is 12.1 Å². The molecule has 0 amide bonds. The molecule has 1 aliphatic heterocycles. The van der Waals surface area contributed by atoms with Crippen LogP contribution in [-0.4, -0.2) is 35.1 Å². The maximum Gasteiger partial charge on any atom is 0.219 e. The van der Waals surface area contributed by atoms with Crippen LogP contribution in [0.3, 0.4) is 0 Å². The molecule has 5 nitrogen and oxygen atoms in total. The second-order valence-corrected chi connectivity index (χ2v) is 5.23. The predicted octanol–water partition coefficient (Wildman–Crippen LogP) is -0.649. The average molecular weight is 259 g/mol. The first-order valence-corrected chi connectivity index (χ1v) is 6.50. The Morgan fingerprint density at radius 2 is 2.00 bits per heavy atom. The highest BCUT2D eigenvalue weighted by Gasteiger charge is 2.50. The Kier molecular flexibility index (Phi) is 2.97. The summed E-state index contributed by atoms with van der Waals surface area (Å²) in [7, 11) is 0. The van der Waals surface area contributed by atoms with E-state index >= 15 is 0 Å². The van der Waals surface area contributed by atoms with E-state index in [-0.39, 0.29) is 5.78 Å². The number of carbonyl (C=O) groups is 2. The van der Waals surface area contributed by atoms with Crippen molar-refractivity contribution < 1.29 is 9.59 Å². The maximum atomic E-state index is 11.6. The second kappa shape index (κ2) is 4.52. The zero-order valence-electron chi connectivity index (χ0n) is 10.6. The van der Waals surface area contributed by atoms with Crippen LogP contribution in [-0.2, 0) is 29.1 Å². The van der Waals surface area contributed by atoms with Crippen LogP contribution in [0.15, 0.2) is 18.2 Å². The van der Waals surface area contributed by atoms with Crippen molar-refractivity contribution in [1.29, 1.82) is 0 Å². The van der Waals surface area contributed by atoms with Gasteiger partial charge in [0.05, 0.1) is 12.1 Å². The zero-order chi connectivity index (χ0) is 13.6. The number of ketones is 2. The van der Waals surface area contributed by atoms with Crippen molar-refractivity contribution in [1.82, 2.24) is 4.90 Å². The number of rotatable bonds is 2. The highest BCUT2D eigenvalue weighted by atomic mass is 16.2. The molecule has 0 saturated heterocycles. The molecule has 3 rings (SSSR count). The zero-order valence-corrected chi connectivity index (χ0v) is 10.6. The number of hydrogen-bond donors (Lipinski definition) is 2. The lowest BCUT2D eigenvalue weighted by Crippen LogP contribution is -2.69. The number of benzene rings is 1. The number of nitrogens with two attached hydrogens (primary N) is 2. The topological polar surface area (TPSA) is 89.4 Å². The number of hydrogen-bond acceptors (Lipinski definition) is 5. The van der Waals surface area contributed by atoms with Crippen LogP contribution in [0.2, 0.25) is 0 Å². The van der Waals surface area contributed by atoms with E-state index in [0.717, 1.165) is 18.5 Å². The van der Waals surface area contributed by atoms with E-state index < -0.39 is 17.9 Å². The molecule has 0 spiro atoms. The van der Waals surface area contributed by atoms with Gasteiger partial charge in [0, 0.05) is 19.6 Å². The highest BCUT2D eigenvalue weighted by Crippen LogP contribution is 2.26. The van der Waals surface area contributed by atoms with Crippen LogP contribution in [0.1, 0.15) is 16.7 Å². The van der Waals surface area contributed by atoms with Crippen molar-refractivity contribution in [2.75, 3.05) is 6.54 Å². The minimum Gasteiger partial charge on any atom is -0.326 e. The molecule has 0 radical (unpaired) electrons. The first-order chi connectivity index (χ1) is 9.11. The smallest absolute Gasteiger partial charge is 0.219 e. The van der Waals surface area contributed by atoms with E-state index in [1.807, 2.05) is 11.0 Å². The van der Waals surface area contributed by atoms with Gasteiger partial charge >= 0.3 is 0 Å². The summed E-state index contributed by atoms with van der Waals surface area (Å²) < 4.78 is 0. The van der Waals surface area contributed by atoms with Gasteiger partial charge in [0.2, 0.25) is 11.6 Å². The summed E-state index contributed by atoms with van der Waals surface area (Å²) in [6.45, 7) is 1.94. The molecule has 2 aliphatic rings. The van der Waals surface area contributed by atoms with Gasteiger partial charge in [0.25, 0.3) is 0 Å². The third-order valence-corrected chi connectivity index (χ3v) is 4.10. The average Bonchev–Trinajstić information content (AvgIpc) is 2.46. The monoisotopic (exact) mass is 259 g/mol. The molecule has 19 heavy (non-hydrogen) atoms. The molecule has 0 aromatic heterocycles. The third kappa shape index (κ3) is 1.90. The van der Waals surface area contributed by atoms with Crippen molar-refractivity contribution in [2.45, 2.75) is 31.6 Å². The van der Waals surface area contributed by atoms with Crippen LogP contribution in [0, 0.1) is 0 Å². The van der Waals surface area contributed by atoms with Crippen molar-refractivity contribution in [2.24, 2.45) is 11.5 Å². The molecule has 1 saturated carbocycles. The van der Waals surface area contributed by atoms with Crippen LogP contribution in [0.5, 0.6) is 0 Å². The minimum atomic E-state index is -0.647. The van der Waals surface area contributed by atoms with Gasteiger partial charge in [-0.15, -0.1) is 0 Å². The lowest BCUT2D eigenvalue weighted by Gasteiger charge is -2.41. The van der Waals surface area contributed by atoms with Crippen molar-refractivity contribution in [3.63, 3.8) is 0 Å². The van der Waals surface area contributed by atoms with Crippen LogP contribution in [0.4, 0.5) is 0 Å². The lowest BCUT2D eigenvalue weighted by atomic mass is 9.81. The number of Topliss-reactive ketones (excluding diaryl/α,β-unsaturated/α-hetero) is 2. The molecular weight excluding hydrogens is 242 g/mol. The summed E-state index contributed by atoms with van der Waals surface area (Å²) in [5, 5.41) is 0. The Hall–Kier alpha value is -1.56. The molecule has 1 aromatic carbocycles. The van der Waals surface area contributed by atoms with Gasteiger partial charge < -0.3 is 11.5 Å². The summed E-state index contributed by atoms with van der Waals surface area (Å²) in [6.07, 6.45) is 0.880. The molecular formula is C14H17N3O2. The summed E-state index contributed by atoms with van der Waals surface area (Å²) in [5.74, 6) is -0.780. The summed E-state index contributed by atoms with van der Waals surface area (Å²) in [4.78, 5) is 24.9. The molecule has 2 atom stereocenters. The quantitative estimate of drug-likeness (QED) is 0.689. The van der Waals surface area contributed by atoms with Crippen molar-refractivity contribution in [3.05, 3.63) is 34.9 Å². The van der Waals surface area contributed by atoms with E-state index in [1.54, 1.807) is 0 Å². The molecule has 0 bridgehead atoms. The van der Waals surface area contributed by atoms with E-state index in [4.69, 9.17) is 11.5 Å². The standard InChI is InChI=1S/C14H17N3O2/c15-6-8-1-2-9-3-4-17(7-10(9)5-8)12-11(16)13(18)14(12)19/h1-2,5,11-12H,3-4,6-7,15-16H2. The molecule has 4 N–H and O–H groups in total. The fourth-order valence-corrected chi connectivity index (χ4v) is 2.91. The fourth-order valence-electron chi connectivity index (χ4n) is 2.91. The van der Waals surface area contributed by atoms with Gasteiger partial charge in [-0.2, -0.15) is 0 Å². The van der Waals surface area contributed by atoms with E-state index in [9.17, 15) is 9.59 Å². The Balaban J connectivity index is 1.82. The SMILES string of the molecule is NCc1ccc2c(c1)CN(C1C(=O)C(=O)C1N)CC2. The van der Waals surface area contributed by atoms with Crippen molar-refractivity contribution in [3.8, 4) is 0 Å². The largest absolute Gasteiger partial charge is 0.326 e. The molecule has 100 valence electrons. The number of nitrogens with zero attached hydrogens (tertiary/aromatic N) is 1. The Labute approximate surface area is 111 Å². The normalized spacial score (nSPS) is 27.1.